The van der Waals surface area contributed by atoms with Gasteiger partial charge in [0.15, 0.2) is 5.82 Å². The molecule has 6 nitrogen and oxygen atoms in total. The van der Waals surface area contributed by atoms with Gasteiger partial charge in [-0.15, -0.1) is 10.2 Å². The van der Waals surface area contributed by atoms with E-state index in [9.17, 15) is 0 Å². The zero-order valence-corrected chi connectivity index (χ0v) is 11.5. The van der Waals surface area contributed by atoms with Crippen LogP contribution in [0.2, 0.25) is 0 Å². The minimum absolute atomic E-state index is 0.146. The Hall–Kier alpha value is -0.980. The van der Waals surface area contributed by atoms with Crippen molar-refractivity contribution in [3.63, 3.8) is 0 Å². The standard InChI is InChI=1S/C13H22N4O2/c1-10-6-14-7-11(19-10)8-18-9-13-16-15-12-4-2-3-5-17(12)13/h10-11,14H,2-9H2,1H3. The summed E-state index contributed by atoms with van der Waals surface area (Å²) in [6.45, 7) is 6.03. The maximum Gasteiger partial charge on any atom is 0.159 e. The van der Waals surface area contributed by atoms with Crippen LogP contribution in [-0.2, 0) is 29.0 Å². The molecule has 19 heavy (non-hydrogen) atoms. The van der Waals surface area contributed by atoms with Crippen LogP contribution in [0.5, 0.6) is 0 Å². The molecule has 1 aromatic heterocycles. The minimum atomic E-state index is 0.146. The molecule has 2 unspecified atom stereocenters. The topological polar surface area (TPSA) is 61.2 Å². The summed E-state index contributed by atoms with van der Waals surface area (Å²) >= 11 is 0. The van der Waals surface area contributed by atoms with E-state index in [1.54, 1.807) is 0 Å². The van der Waals surface area contributed by atoms with Gasteiger partial charge in [0.1, 0.15) is 12.4 Å². The summed E-state index contributed by atoms with van der Waals surface area (Å²) in [4.78, 5) is 0. The van der Waals surface area contributed by atoms with Crippen LogP contribution in [0.4, 0.5) is 0 Å². The van der Waals surface area contributed by atoms with Crippen LogP contribution in [0.25, 0.3) is 0 Å². The van der Waals surface area contributed by atoms with Crippen molar-refractivity contribution in [3.8, 4) is 0 Å². The maximum atomic E-state index is 5.79. The fourth-order valence-corrected chi connectivity index (χ4v) is 2.73. The van der Waals surface area contributed by atoms with Gasteiger partial charge in [0.25, 0.3) is 0 Å². The molecule has 0 radical (unpaired) electrons. The molecule has 0 saturated carbocycles. The second kappa shape index (κ2) is 5.98. The molecule has 3 heterocycles. The largest absolute Gasteiger partial charge is 0.371 e. The van der Waals surface area contributed by atoms with Crippen molar-refractivity contribution in [2.75, 3.05) is 19.7 Å². The van der Waals surface area contributed by atoms with E-state index in [1.165, 1.54) is 12.8 Å². The third-order valence-corrected chi connectivity index (χ3v) is 3.70. The highest BCUT2D eigenvalue weighted by atomic mass is 16.5. The Balaban J connectivity index is 1.48. The molecule has 2 aliphatic heterocycles. The van der Waals surface area contributed by atoms with Crippen LogP contribution in [0.1, 0.15) is 31.4 Å². The Bertz CT molecular complexity index is 421. The number of hydrogen-bond donors (Lipinski definition) is 1. The van der Waals surface area contributed by atoms with Crippen molar-refractivity contribution in [1.29, 1.82) is 0 Å². The molecule has 3 rings (SSSR count). The van der Waals surface area contributed by atoms with Crippen LogP contribution < -0.4 is 5.32 Å². The van der Waals surface area contributed by atoms with Crippen molar-refractivity contribution in [1.82, 2.24) is 20.1 Å². The van der Waals surface area contributed by atoms with Gasteiger partial charge in [-0.3, -0.25) is 0 Å². The first-order chi connectivity index (χ1) is 9.33. The first-order valence-electron chi connectivity index (χ1n) is 7.18. The Morgan fingerprint density at radius 1 is 1.37 bits per heavy atom. The molecular formula is C13H22N4O2. The number of hydrogen-bond acceptors (Lipinski definition) is 5. The third-order valence-electron chi connectivity index (χ3n) is 3.70. The molecule has 1 N–H and O–H groups in total. The van der Waals surface area contributed by atoms with Crippen molar-refractivity contribution in [2.24, 2.45) is 0 Å². The SMILES string of the molecule is CC1CNCC(COCc2nnc3n2CCCC3)O1. The lowest BCUT2D eigenvalue weighted by Gasteiger charge is -2.28. The van der Waals surface area contributed by atoms with Gasteiger partial charge in [-0.25, -0.2) is 0 Å². The van der Waals surface area contributed by atoms with Crippen molar-refractivity contribution >= 4 is 0 Å². The highest BCUT2D eigenvalue weighted by Gasteiger charge is 2.20. The first-order valence-corrected chi connectivity index (χ1v) is 7.18. The van der Waals surface area contributed by atoms with Gasteiger partial charge in [-0.2, -0.15) is 0 Å². The van der Waals surface area contributed by atoms with Crippen LogP contribution >= 0.6 is 0 Å². The molecule has 2 atom stereocenters. The van der Waals surface area contributed by atoms with Gasteiger partial charge in [0.05, 0.1) is 18.8 Å². The average Bonchev–Trinajstić information content (AvgIpc) is 2.83. The Labute approximate surface area is 113 Å². The van der Waals surface area contributed by atoms with E-state index in [0.717, 1.165) is 37.7 Å². The van der Waals surface area contributed by atoms with Gasteiger partial charge in [-0.1, -0.05) is 0 Å². The number of aryl methyl sites for hydroxylation is 1. The molecule has 0 bridgehead atoms. The van der Waals surface area contributed by atoms with Crippen LogP contribution in [-0.4, -0.2) is 46.7 Å². The van der Waals surface area contributed by atoms with Crippen molar-refractivity contribution in [2.45, 2.75) is 51.5 Å². The molecule has 0 aliphatic carbocycles. The molecule has 106 valence electrons. The van der Waals surface area contributed by atoms with Gasteiger partial charge in [0.2, 0.25) is 0 Å². The fraction of sp³-hybridized carbons (Fsp3) is 0.846. The third kappa shape index (κ3) is 3.13. The van der Waals surface area contributed by atoms with E-state index in [0.29, 0.717) is 13.2 Å². The molecule has 0 aromatic carbocycles. The predicted molar refractivity (Wildman–Crippen MR) is 69.8 cm³/mol. The summed E-state index contributed by atoms with van der Waals surface area (Å²) in [6.07, 6.45) is 3.89. The van der Waals surface area contributed by atoms with Crippen LogP contribution in [0.3, 0.4) is 0 Å². The van der Waals surface area contributed by atoms with Crippen LogP contribution in [0.15, 0.2) is 0 Å². The zero-order chi connectivity index (χ0) is 13.1. The summed E-state index contributed by atoms with van der Waals surface area (Å²) in [6, 6.07) is 0. The Morgan fingerprint density at radius 3 is 3.21 bits per heavy atom. The molecule has 2 aliphatic rings. The summed E-state index contributed by atoms with van der Waals surface area (Å²) < 4.78 is 13.7. The van der Waals surface area contributed by atoms with E-state index in [-0.39, 0.29) is 12.2 Å². The summed E-state index contributed by atoms with van der Waals surface area (Å²) in [7, 11) is 0. The first kappa shape index (κ1) is 13.0. The van der Waals surface area contributed by atoms with E-state index in [4.69, 9.17) is 9.47 Å². The van der Waals surface area contributed by atoms with Gasteiger partial charge in [-0.05, 0) is 19.8 Å². The predicted octanol–water partition coefficient (Wildman–Crippen LogP) is 0.508. The average molecular weight is 266 g/mol. The number of fused-ring (bicyclic) bond motifs is 1. The molecule has 0 amide bonds. The number of nitrogens with zero attached hydrogens (tertiary/aromatic N) is 3. The van der Waals surface area contributed by atoms with Crippen molar-refractivity contribution in [3.05, 3.63) is 11.6 Å². The zero-order valence-electron chi connectivity index (χ0n) is 11.5. The molecule has 1 saturated heterocycles. The highest BCUT2D eigenvalue weighted by Crippen LogP contribution is 2.15. The highest BCUT2D eigenvalue weighted by molar-refractivity contribution is 4.97. The number of aromatic nitrogens is 3. The lowest BCUT2D eigenvalue weighted by molar-refractivity contribution is -0.0726. The van der Waals surface area contributed by atoms with Crippen LogP contribution in [0, 0.1) is 0 Å². The van der Waals surface area contributed by atoms with E-state index >= 15 is 0 Å². The molecular weight excluding hydrogens is 244 g/mol. The normalized spacial score (nSPS) is 27.2. The lowest BCUT2D eigenvalue weighted by atomic mass is 10.2. The summed E-state index contributed by atoms with van der Waals surface area (Å²) in [5, 5.41) is 11.8. The number of nitrogens with one attached hydrogen (secondary N) is 1. The maximum absolute atomic E-state index is 5.79. The Kier molecular flexibility index (Phi) is 4.10. The molecule has 1 aromatic rings. The van der Waals surface area contributed by atoms with E-state index in [1.807, 2.05) is 0 Å². The Morgan fingerprint density at radius 2 is 2.32 bits per heavy atom. The molecule has 0 spiro atoms. The van der Waals surface area contributed by atoms with E-state index in [2.05, 4.69) is 27.0 Å². The quantitative estimate of drug-likeness (QED) is 0.860. The monoisotopic (exact) mass is 266 g/mol. The minimum Gasteiger partial charge on any atom is -0.371 e. The summed E-state index contributed by atoms with van der Waals surface area (Å²) in [5.74, 6) is 2.06. The second-order valence-corrected chi connectivity index (χ2v) is 5.38. The second-order valence-electron chi connectivity index (χ2n) is 5.38. The summed E-state index contributed by atoms with van der Waals surface area (Å²) in [5.41, 5.74) is 0. The molecule has 1 fully saturated rings. The molecule has 6 heteroatoms. The fourth-order valence-electron chi connectivity index (χ4n) is 2.73. The van der Waals surface area contributed by atoms with Gasteiger partial charge in [0, 0.05) is 26.1 Å². The van der Waals surface area contributed by atoms with Crippen molar-refractivity contribution < 1.29 is 9.47 Å². The smallest absolute Gasteiger partial charge is 0.159 e. The number of morpholine rings is 1. The van der Waals surface area contributed by atoms with Gasteiger partial charge >= 0.3 is 0 Å². The number of rotatable bonds is 4. The number of ether oxygens (including phenoxy) is 2. The lowest BCUT2D eigenvalue weighted by Crippen LogP contribution is -2.45. The van der Waals surface area contributed by atoms with E-state index < -0.39 is 0 Å². The van der Waals surface area contributed by atoms with Gasteiger partial charge < -0.3 is 19.4 Å².